The average molecular weight is 297 g/mol. The molecule has 21 heavy (non-hydrogen) atoms. The van der Waals surface area contributed by atoms with Gasteiger partial charge in [-0.3, -0.25) is 4.79 Å². The summed E-state index contributed by atoms with van der Waals surface area (Å²) in [5.74, 6) is 0.830. The molecule has 0 bridgehead atoms. The summed E-state index contributed by atoms with van der Waals surface area (Å²) in [7, 11) is 3.16. The maximum absolute atomic E-state index is 11.6. The molecule has 6 heteroatoms. The molecule has 1 aromatic rings. The minimum atomic E-state index is -0.685. The number of methoxy groups -OCH3 is 2. The van der Waals surface area contributed by atoms with Gasteiger partial charge in [0.15, 0.2) is 6.61 Å². The van der Waals surface area contributed by atoms with Crippen molar-refractivity contribution < 1.29 is 24.1 Å². The first kappa shape index (κ1) is 17.3. The van der Waals surface area contributed by atoms with Crippen molar-refractivity contribution in [2.45, 2.75) is 19.4 Å². The summed E-state index contributed by atoms with van der Waals surface area (Å²) < 4.78 is 15.5. The number of amides is 1. The van der Waals surface area contributed by atoms with E-state index in [1.807, 2.05) is 0 Å². The number of ether oxygens (including phenoxy) is 3. The van der Waals surface area contributed by atoms with Gasteiger partial charge in [0.25, 0.3) is 5.91 Å². The number of carbonyl (C=O) groups excluding carboxylic acids is 1. The second-order valence-corrected chi connectivity index (χ2v) is 4.56. The van der Waals surface area contributed by atoms with Crippen LogP contribution in [-0.2, 0) is 9.53 Å². The van der Waals surface area contributed by atoms with Crippen molar-refractivity contribution >= 4 is 5.91 Å². The quantitative estimate of drug-likeness (QED) is 0.671. The third-order valence-electron chi connectivity index (χ3n) is 2.88. The number of nitrogens with one attached hydrogen (secondary N) is 1. The van der Waals surface area contributed by atoms with Gasteiger partial charge in [-0.25, -0.2) is 0 Å². The molecule has 0 fully saturated rings. The second-order valence-electron chi connectivity index (χ2n) is 4.56. The van der Waals surface area contributed by atoms with Gasteiger partial charge >= 0.3 is 0 Å². The Labute approximate surface area is 125 Å². The standard InChI is InChI=1S/C15H23NO5/c1-11(17)13-6-5-12(20-3)9-14(13)21-10-15(18)16-7-4-8-19-2/h5-6,9,11,17H,4,7-8,10H2,1-3H3,(H,16,18)/t11-/m1/s1. The molecule has 0 aliphatic heterocycles. The molecule has 0 saturated carbocycles. The molecule has 0 spiro atoms. The maximum Gasteiger partial charge on any atom is 0.257 e. The number of aliphatic hydroxyl groups is 1. The van der Waals surface area contributed by atoms with Crippen LogP contribution in [0.15, 0.2) is 18.2 Å². The van der Waals surface area contributed by atoms with Crippen molar-refractivity contribution in [3.05, 3.63) is 23.8 Å². The highest BCUT2D eigenvalue weighted by Gasteiger charge is 2.12. The van der Waals surface area contributed by atoms with E-state index in [4.69, 9.17) is 14.2 Å². The van der Waals surface area contributed by atoms with E-state index < -0.39 is 6.10 Å². The summed E-state index contributed by atoms with van der Waals surface area (Å²) in [4.78, 5) is 11.6. The van der Waals surface area contributed by atoms with Gasteiger partial charge in [0.2, 0.25) is 0 Å². The van der Waals surface area contributed by atoms with Crippen LogP contribution < -0.4 is 14.8 Å². The fourth-order valence-electron chi connectivity index (χ4n) is 1.75. The van der Waals surface area contributed by atoms with E-state index in [2.05, 4.69) is 5.32 Å². The molecule has 0 heterocycles. The van der Waals surface area contributed by atoms with Gasteiger partial charge in [0, 0.05) is 31.9 Å². The summed E-state index contributed by atoms with van der Waals surface area (Å²) in [6.07, 6.45) is 0.0658. The smallest absolute Gasteiger partial charge is 0.257 e. The molecule has 0 saturated heterocycles. The molecular formula is C15H23NO5. The fraction of sp³-hybridized carbons (Fsp3) is 0.533. The molecule has 2 N–H and O–H groups in total. The third-order valence-corrected chi connectivity index (χ3v) is 2.88. The number of carbonyl (C=O) groups is 1. The van der Waals surface area contributed by atoms with Crippen molar-refractivity contribution in [1.29, 1.82) is 0 Å². The van der Waals surface area contributed by atoms with Gasteiger partial charge in [-0.05, 0) is 25.5 Å². The normalized spacial score (nSPS) is 11.8. The topological polar surface area (TPSA) is 77.0 Å². The number of benzene rings is 1. The Morgan fingerprint density at radius 1 is 1.38 bits per heavy atom. The van der Waals surface area contributed by atoms with Crippen LogP contribution in [0, 0.1) is 0 Å². The van der Waals surface area contributed by atoms with Crippen molar-refractivity contribution in [1.82, 2.24) is 5.32 Å². The SMILES string of the molecule is COCCCNC(=O)COc1cc(OC)ccc1[C@@H](C)O. The van der Waals surface area contributed by atoms with Crippen LogP contribution in [0.3, 0.4) is 0 Å². The largest absolute Gasteiger partial charge is 0.497 e. The van der Waals surface area contributed by atoms with Gasteiger partial charge in [0.05, 0.1) is 13.2 Å². The molecule has 1 aromatic carbocycles. The van der Waals surface area contributed by atoms with E-state index in [9.17, 15) is 9.90 Å². The third kappa shape index (κ3) is 6.01. The molecule has 0 unspecified atom stereocenters. The van der Waals surface area contributed by atoms with E-state index in [0.29, 0.717) is 30.2 Å². The summed E-state index contributed by atoms with van der Waals surface area (Å²) in [5, 5.41) is 12.4. The number of rotatable bonds is 9. The van der Waals surface area contributed by atoms with Gasteiger partial charge in [-0.15, -0.1) is 0 Å². The second kappa shape index (κ2) is 9.20. The highest BCUT2D eigenvalue weighted by atomic mass is 16.5. The number of hydrogen-bond donors (Lipinski definition) is 2. The van der Waals surface area contributed by atoms with Crippen molar-refractivity contribution in [3.63, 3.8) is 0 Å². The molecule has 1 amide bonds. The summed E-state index contributed by atoms with van der Waals surface area (Å²) in [6.45, 7) is 2.67. The molecule has 6 nitrogen and oxygen atoms in total. The van der Waals surface area contributed by atoms with Crippen LogP contribution in [0.25, 0.3) is 0 Å². The molecule has 0 aromatic heterocycles. The molecule has 1 rings (SSSR count). The summed E-state index contributed by atoms with van der Waals surface area (Å²) in [5.41, 5.74) is 0.614. The predicted octanol–water partition coefficient (Wildman–Crippen LogP) is 1.28. The average Bonchev–Trinajstić information content (AvgIpc) is 2.49. The lowest BCUT2D eigenvalue weighted by Gasteiger charge is -2.14. The molecular weight excluding hydrogens is 274 g/mol. The Balaban J connectivity index is 2.55. The molecule has 118 valence electrons. The first-order valence-electron chi connectivity index (χ1n) is 6.83. The zero-order valence-corrected chi connectivity index (χ0v) is 12.7. The minimum absolute atomic E-state index is 0.111. The van der Waals surface area contributed by atoms with Crippen molar-refractivity contribution in [2.75, 3.05) is 34.0 Å². The lowest BCUT2D eigenvalue weighted by molar-refractivity contribution is -0.123. The van der Waals surface area contributed by atoms with Crippen LogP contribution in [0.4, 0.5) is 0 Å². The molecule has 0 aliphatic carbocycles. The predicted molar refractivity (Wildman–Crippen MR) is 78.6 cm³/mol. The first-order chi connectivity index (χ1) is 10.1. The van der Waals surface area contributed by atoms with Crippen LogP contribution in [0.5, 0.6) is 11.5 Å². The van der Waals surface area contributed by atoms with E-state index in [1.54, 1.807) is 39.3 Å². The highest BCUT2D eigenvalue weighted by molar-refractivity contribution is 5.77. The highest BCUT2D eigenvalue weighted by Crippen LogP contribution is 2.29. The monoisotopic (exact) mass is 297 g/mol. The summed E-state index contributed by atoms with van der Waals surface area (Å²) in [6, 6.07) is 5.11. The van der Waals surface area contributed by atoms with E-state index in [-0.39, 0.29) is 12.5 Å². The minimum Gasteiger partial charge on any atom is -0.497 e. The Morgan fingerprint density at radius 3 is 2.76 bits per heavy atom. The lowest BCUT2D eigenvalue weighted by atomic mass is 10.1. The van der Waals surface area contributed by atoms with E-state index >= 15 is 0 Å². The number of hydrogen-bond acceptors (Lipinski definition) is 5. The molecule has 1 atom stereocenters. The first-order valence-corrected chi connectivity index (χ1v) is 6.83. The van der Waals surface area contributed by atoms with Crippen LogP contribution in [-0.4, -0.2) is 45.0 Å². The Hall–Kier alpha value is -1.79. The zero-order valence-electron chi connectivity index (χ0n) is 12.7. The van der Waals surface area contributed by atoms with Gasteiger partial charge < -0.3 is 24.6 Å². The Kier molecular flexibility index (Phi) is 7.56. The zero-order chi connectivity index (χ0) is 15.7. The van der Waals surface area contributed by atoms with Gasteiger partial charge in [-0.1, -0.05) is 0 Å². The summed E-state index contributed by atoms with van der Waals surface area (Å²) >= 11 is 0. The van der Waals surface area contributed by atoms with E-state index in [0.717, 1.165) is 6.42 Å². The Morgan fingerprint density at radius 2 is 2.14 bits per heavy atom. The van der Waals surface area contributed by atoms with Crippen LogP contribution >= 0.6 is 0 Å². The van der Waals surface area contributed by atoms with Gasteiger partial charge in [0.1, 0.15) is 11.5 Å². The van der Waals surface area contributed by atoms with Crippen LogP contribution in [0.1, 0.15) is 25.0 Å². The van der Waals surface area contributed by atoms with Crippen molar-refractivity contribution in [2.24, 2.45) is 0 Å². The van der Waals surface area contributed by atoms with Crippen LogP contribution in [0.2, 0.25) is 0 Å². The van der Waals surface area contributed by atoms with E-state index in [1.165, 1.54) is 0 Å². The van der Waals surface area contributed by atoms with Gasteiger partial charge in [-0.2, -0.15) is 0 Å². The Bertz CT molecular complexity index is 448. The van der Waals surface area contributed by atoms with Crippen molar-refractivity contribution in [3.8, 4) is 11.5 Å². The molecule has 0 aliphatic rings. The maximum atomic E-state index is 11.6. The number of aliphatic hydroxyl groups excluding tert-OH is 1. The fourth-order valence-corrected chi connectivity index (χ4v) is 1.75. The lowest BCUT2D eigenvalue weighted by Crippen LogP contribution is -2.30. The molecule has 0 radical (unpaired) electrons.